The van der Waals surface area contributed by atoms with Crippen molar-refractivity contribution in [2.75, 3.05) is 19.6 Å². The molecule has 0 aromatic heterocycles. The Bertz CT molecular complexity index is 1170. The Morgan fingerprint density at radius 1 is 0.973 bits per heavy atom. The molecule has 2 N–H and O–H groups in total. The van der Waals surface area contributed by atoms with E-state index in [-0.39, 0.29) is 30.2 Å². The van der Waals surface area contributed by atoms with Gasteiger partial charge < -0.3 is 15.3 Å². The molecule has 1 aliphatic heterocycles. The van der Waals surface area contributed by atoms with Crippen LogP contribution in [0.4, 0.5) is 0 Å². The van der Waals surface area contributed by atoms with E-state index < -0.39 is 11.4 Å². The lowest BCUT2D eigenvalue weighted by Crippen LogP contribution is -2.33. The SMILES string of the molecule is CC.C[C@@H](NC[C@H]1CN(C(=O)CCC(C)(C)C(=O)O)C[C@@H]1c1ccccc1)c1cccc2ccccc12. The number of carboxylic acids is 1. The molecule has 0 spiro atoms. The van der Waals surface area contributed by atoms with Crippen molar-refractivity contribution >= 4 is 22.6 Å². The van der Waals surface area contributed by atoms with Gasteiger partial charge in [0.2, 0.25) is 5.91 Å². The molecule has 1 saturated heterocycles. The lowest BCUT2D eigenvalue weighted by Gasteiger charge is -2.23. The van der Waals surface area contributed by atoms with E-state index in [2.05, 4.69) is 79.0 Å². The largest absolute Gasteiger partial charge is 0.481 e. The van der Waals surface area contributed by atoms with Crippen LogP contribution in [0.25, 0.3) is 10.8 Å². The first kappa shape index (κ1) is 28.4. The number of aliphatic carboxylic acids is 1. The number of fused-ring (bicyclic) bond motifs is 1. The predicted octanol–water partition coefficient (Wildman–Crippen LogP) is 6.65. The maximum Gasteiger partial charge on any atom is 0.309 e. The smallest absolute Gasteiger partial charge is 0.309 e. The molecule has 0 bridgehead atoms. The van der Waals surface area contributed by atoms with Gasteiger partial charge in [-0.2, -0.15) is 0 Å². The lowest BCUT2D eigenvalue weighted by atomic mass is 9.88. The van der Waals surface area contributed by atoms with Crippen LogP contribution >= 0.6 is 0 Å². The van der Waals surface area contributed by atoms with Crippen molar-refractivity contribution in [2.24, 2.45) is 11.3 Å². The van der Waals surface area contributed by atoms with Crippen LogP contribution in [0.5, 0.6) is 0 Å². The average Bonchev–Trinajstić information content (AvgIpc) is 3.36. The number of likely N-dealkylation sites (tertiary alicyclic amines) is 1. The van der Waals surface area contributed by atoms with Gasteiger partial charge in [0.1, 0.15) is 0 Å². The van der Waals surface area contributed by atoms with E-state index >= 15 is 0 Å². The van der Waals surface area contributed by atoms with Gasteiger partial charge in [-0.3, -0.25) is 9.59 Å². The quantitative estimate of drug-likeness (QED) is 0.344. The van der Waals surface area contributed by atoms with Crippen molar-refractivity contribution in [3.63, 3.8) is 0 Å². The van der Waals surface area contributed by atoms with Gasteiger partial charge in [-0.15, -0.1) is 0 Å². The number of carbonyl (C=O) groups excluding carboxylic acids is 1. The summed E-state index contributed by atoms with van der Waals surface area (Å²) in [5.41, 5.74) is 1.63. The standard InChI is InChI=1S/C30H36N2O3.C2H6/c1-21(25-15-9-13-22-12-7-8-14-26(22)25)31-18-24-19-32(20-27(24)23-10-5-4-6-11-23)28(33)16-17-30(2,3)29(34)35;1-2/h4-15,21,24,27,31H,16-20H2,1-3H3,(H,34,35);1-2H3/t21-,24+,27-;/m1./s1. The van der Waals surface area contributed by atoms with Crippen molar-refractivity contribution in [1.82, 2.24) is 10.2 Å². The van der Waals surface area contributed by atoms with Crippen LogP contribution in [0.15, 0.2) is 72.8 Å². The van der Waals surface area contributed by atoms with E-state index in [1.165, 1.54) is 21.9 Å². The minimum absolute atomic E-state index is 0.0462. The Morgan fingerprint density at radius 3 is 2.32 bits per heavy atom. The molecule has 0 radical (unpaired) electrons. The van der Waals surface area contributed by atoms with Gasteiger partial charge in [-0.05, 0) is 55.0 Å². The number of rotatable bonds is 9. The molecule has 3 atom stereocenters. The third-order valence-electron chi connectivity index (χ3n) is 7.54. The van der Waals surface area contributed by atoms with Crippen LogP contribution in [0, 0.1) is 11.3 Å². The van der Waals surface area contributed by atoms with E-state index in [1.54, 1.807) is 13.8 Å². The zero-order valence-corrected chi connectivity index (χ0v) is 22.9. The van der Waals surface area contributed by atoms with Crippen molar-refractivity contribution in [2.45, 2.75) is 59.4 Å². The maximum absolute atomic E-state index is 13.1. The maximum atomic E-state index is 13.1. The average molecular weight is 503 g/mol. The molecule has 3 aromatic rings. The number of carbonyl (C=O) groups is 2. The molecule has 0 unspecified atom stereocenters. The molecule has 198 valence electrons. The van der Waals surface area contributed by atoms with E-state index in [4.69, 9.17) is 0 Å². The molecular formula is C32H42N2O3. The van der Waals surface area contributed by atoms with E-state index in [9.17, 15) is 14.7 Å². The van der Waals surface area contributed by atoms with Crippen molar-refractivity contribution < 1.29 is 14.7 Å². The molecule has 5 heteroatoms. The number of nitrogens with one attached hydrogen (secondary N) is 1. The molecule has 5 nitrogen and oxygen atoms in total. The highest BCUT2D eigenvalue weighted by Crippen LogP contribution is 2.34. The molecule has 1 aliphatic rings. The molecule has 1 heterocycles. The number of hydrogen-bond donors (Lipinski definition) is 2. The zero-order valence-electron chi connectivity index (χ0n) is 22.9. The second-order valence-electron chi connectivity index (χ2n) is 10.5. The van der Waals surface area contributed by atoms with Crippen LogP contribution in [-0.4, -0.2) is 41.5 Å². The summed E-state index contributed by atoms with van der Waals surface area (Å²) in [7, 11) is 0. The van der Waals surface area contributed by atoms with Crippen molar-refractivity contribution in [3.05, 3.63) is 83.9 Å². The summed E-state index contributed by atoms with van der Waals surface area (Å²) < 4.78 is 0. The van der Waals surface area contributed by atoms with Crippen LogP contribution in [0.1, 0.15) is 70.5 Å². The molecule has 4 rings (SSSR count). The highest BCUT2D eigenvalue weighted by Gasteiger charge is 2.37. The first-order valence-corrected chi connectivity index (χ1v) is 13.5. The van der Waals surface area contributed by atoms with Gasteiger partial charge in [0.05, 0.1) is 5.41 Å². The van der Waals surface area contributed by atoms with Gasteiger partial charge in [-0.25, -0.2) is 0 Å². The van der Waals surface area contributed by atoms with Crippen molar-refractivity contribution in [1.29, 1.82) is 0 Å². The Kier molecular flexibility index (Phi) is 9.87. The summed E-state index contributed by atoms with van der Waals surface area (Å²) in [5, 5.41) is 15.7. The minimum atomic E-state index is -0.900. The third kappa shape index (κ3) is 6.98. The predicted molar refractivity (Wildman–Crippen MR) is 152 cm³/mol. The lowest BCUT2D eigenvalue weighted by molar-refractivity contribution is -0.147. The molecule has 1 fully saturated rings. The Hall–Kier alpha value is -3.18. The van der Waals surface area contributed by atoms with Crippen LogP contribution < -0.4 is 5.32 Å². The van der Waals surface area contributed by atoms with Gasteiger partial charge in [0.15, 0.2) is 0 Å². The first-order chi connectivity index (χ1) is 17.8. The Morgan fingerprint density at radius 2 is 1.62 bits per heavy atom. The number of hydrogen-bond acceptors (Lipinski definition) is 3. The van der Waals surface area contributed by atoms with E-state index in [1.807, 2.05) is 24.8 Å². The fourth-order valence-corrected chi connectivity index (χ4v) is 5.11. The van der Waals surface area contributed by atoms with Crippen LogP contribution in [0.2, 0.25) is 0 Å². The topological polar surface area (TPSA) is 69.6 Å². The van der Waals surface area contributed by atoms with Crippen molar-refractivity contribution in [3.8, 4) is 0 Å². The summed E-state index contributed by atoms with van der Waals surface area (Å²) in [6, 6.07) is 25.5. The fraction of sp³-hybridized carbons (Fsp3) is 0.438. The van der Waals surface area contributed by atoms with Gasteiger partial charge in [0.25, 0.3) is 0 Å². The molecule has 3 aromatic carbocycles. The number of carboxylic acid groups (broad SMARTS) is 1. The fourth-order valence-electron chi connectivity index (χ4n) is 5.11. The molecule has 37 heavy (non-hydrogen) atoms. The summed E-state index contributed by atoms with van der Waals surface area (Å²) in [4.78, 5) is 26.4. The Balaban J connectivity index is 0.00000186. The second kappa shape index (κ2) is 12.9. The van der Waals surface area contributed by atoms with E-state index in [0.717, 1.165) is 6.54 Å². The van der Waals surface area contributed by atoms with Crippen LogP contribution in [0.3, 0.4) is 0 Å². The zero-order chi connectivity index (χ0) is 27.0. The van der Waals surface area contributed by atoms with Gasteiger partial charge >= 0.3 is 5.97 Å². The second-order valence-corrected chi connectivity index (χ2v) is 10.5. The summed E-state index contributed by atoms with van der Waals surface area (Å²) in [6.45, 7) is 11.7. The number of nitrogens with zero attached hydrogens (tertiary/aromatic N) is 1. The molecule has 0 saturated carbocycles. The molecule has 0 aliphatic carbocycles. The highest BCUT2D eigenvalue weighted by atomic mass is 16.4. The minimum Gasteiger partial charge on any atom is -0.481 e. The number of benzene rings is 3. The summed E-state index contributed by atoms with van der Waals surface area (Å²) >= 11 is 0. The molecular weight excluding hydrogens is 460 g/mol. The van der Waals surface area contributed by atoms with E-state index in [0.29, 0.717) is 19.5 Å². The van der Waals surface area contributed by atoms with Gasteiger partial charge in [0, 0.05) is 38.0 Å². The highest BCUT2D eigenvalue weighted by molar-refractivity contribution is 5.86. The summed E-state index contributed by atoms with van der Waals surface area (Å²) in [5.74, 6) is -0.283. The number of amides is 1. The van der Waals surface area contributed by atoms with Gasteiger partial charge in [-0.1, -0.05) is 86.6 Å². The third-order valence-corrected chi connectivity index (χ3v) is 7.54. The first-order valence-electron chi connectivity index (χ1n) is 13.5. The normalized spacial score (nSPS) is 18.2. The Labute approximate surface area is 221 Å². The summed E-state index contributed by atoms with van der Waals surface area (Å²) in [6.07, 6.45) is 0.599. The molecule has 1 amide bonds. The monoisotopic (exact) mass is 502 g/mol. The van der Waals surface area contributed by atoms with Crippen LogP contribution in [-0.2, 0) is 9.59 Å².